The van der Waals surface area contributed by atoms with E-state index in [-0.39, 0.29) is 6.61 Å². The summed E-state index contributed by atoms with van der Waals surface area (Å²) in [6.45, 7) is 3.33. The SMILES string of the molecule is [CH2]C(O)C1OCC(O)C1O. The van der Waals surface area contributed by atoms with Crippen molar-refractivity contribution in [2.75, 3.05) is 6.61 Å². The van der Waals surface area contributed by atoms with Crippen LogP contribution in [0.2, 0.25) is 0 Å². The lowest BCUT2D eigenvalue weighted by Gasteiger charge is -2.16. The maximum atomic E-state index is 9.05. The highest BCUT2D eigenvalue weighted by Crippen LogP contribution is 2.16. The Morgan fingerprint density at radius 1 is 1.50 bits per heavy atom. The molecule has 1 radical (unpaired) electrons. The summed E-state index contributed by atoms with van der Waals surface area (Å²) >= 11 is 0. The molecule has 10 heavy (non-hydrogen) atoms. The summed E-state index contributed by atoms with van der Waals surface area (Å²) in [6, 6.07) is 0. The molecule has 0 saturated carbocycles. The Balaban J connectivity index is 2.49. The second kappa shape index (κ2) is 2.84. The van der Waals surface area contributed by atoms with Crippen LogP contribution in [0.15, 0.2) is 0 Å². The molecule has 1 fully saturated rings. The molecule has 1 rings (SSSR count). The van der Waals surface area contributed by atoms with E-state index in [4.69, 9.17) is 20.1 Å². The summed E-state index contributed by atoms with van der Waals surface area (Å²) in [4.78, 5) is 0. The predicted octanol–water partition coefficient (Wildman–Crippen LogP) is -1.70. The summed E-state index contributed by atoms with van der Waals surface area (Å²) in [5.74, 6) is 0. The van der Waals surface area contributed by atoms with Crippen LogP contribution >= 0.6 is 0 Å². The molecule has 4 unspecified atom stereocenters. The highest BCUT2D eigenvalue weighted by atomic mass is 16.5. The Bertz CT molecular complexity index is 114. The van der Waals surface area contributed by atoms with Crippen molar-refractivity contribution < 1.29 is 20.1 Å². The highest BCUT2D eigenvalue weighted by molar-refractivity contribution is 4.88. The lowest BCUT2D eigenvalue weighted by atomic mass is 10.1. The normalized spacial score (nSPS) is 43.8. The number of ether oxygens (including phenoxy) is 1. The predicted molar refractivity (Wildman–Crippen MR) is 33.1 cm³/mol. The third-order valence-corrected chi connectivity index (χ3v) is 1.57. The zero-order chi connectivity index (χ0) is 7.72. The zero-order valence-corrected chi connectivity index (χ0v) is 5.47. The zero-order valence-electron chi connectivity index (χ0n) is 5.47. The van der Waals surface area contributed by atoms with E-state index in [0.29, 0.717) is 0 Å². The van der Waals surface area contributed by atoms with Gasteiger partial charge in [0.1, 0.15) is 18.3 Å². The van der Waals surface area contributed by atoms with Crippen molar-refractivity contribution in [3.63, 3.8) is 0 Å². The van der Waals surface area contributed by atoms with Crippen LogP contribution in [0.25, 0.3) is 0 Å². The van der Waals surface area contributed by atoms with Crippen molar-refractivity contribution in [1.82, 2.24) is 0 Å². The molecule has 0 aliphatic carbocycles. The third-order valence-electron chi connectivity index (χ3n) is 1.57. The number of hydrogen-bond acceptors (Lipinski definition) is 4. The van der Waals surface area contributed by atoms with Crippen molar-refractivity contribution in [2.45, 2.75) is 24.4 Å². The topological polar surface area (TPSA) is 69.9 Å². The van der Waals surface area contributed by atoms with E-state index < -0.39 is 24.4 Å². The van der Waals surface area contributed by atoms with Crippen LogP contribution < -0.4 is 0 Å². The van der Waals surface area contributed by atoms with Crippen molar-refractivity contribution in [2.24, 2.45) is 0 Å². The van der Waals surface area contributed by atoms with Gasteiger partial charge in [0.2, 0.25) is 0 Å². The van der Waals surface area contributed by atoms with Gasteiger partial charge in [-0.3, -0.25) is 0 Å². The van der Waals surface area contributed by atoms with Crippen LogP contribution in [0, 0.1) is 6.92 Å². The fourth-order valence-electron chi connectivity index (χ4n) is 0.965. The summed E-state index contributed by atoms with van der Waals surface area (Å²) in [7, 11) is 0. The minimum Gasteiger partial charge on any atom is -0.390 e. The maximum absolute atomic E-state index is 9.05. The molecule has 4 atom stereocenters. The van der Waals surface area contributed by atoms with Gasteiger partial charge in [-0.25, -0.2) is 0 Å². The second-order valence-electron chi connectivity index (χ2n) is 2.42. The molecule has 0 amide bonds. The van der Waals surface area contributed by atoms with E-state index in [2.05, 4.69) is 6.92 Å². The Labute approximate surface area is 59.1 Å². The second-order valence-corrected chi connectivity index (χ2v) is 2.42. The molecular formula is C6H11O4. The number of aliphatic hydroxyl groups is 3. The highest BCUT2D eigenvalue weighted by Gasteiger charge is 2.37. The molecule has 3 N–H and O–H groups in total. The van der Waals surface area contributed by atoms with Crippen LogP contribution in [-0.2, 0) is 4.74 Å². The lowest BCUT2D eigenvalue weighted by molar-refractivity contribution is -0.0334. The number of hydrogen-bond donors (Lipinski definition) is 3. The first-order valence-electron chi connectivity index (χ1n) is 3.12. The molecule has 1 aliphatic rings. The summed E-state index contributed by atoms with van der Waals surface area (Å²) in [6.07, 6.45) is -3.61. The van der Waals surface area contributed by atoms with Crippen LogP contribution in [0.5, 0.6) is 0 Å². The van der Waals surface area contributed by atoms with E-state index in [1.165, 1.54) is 0 Å². The smallest absolute Gasteiger partial charge is 0.112 e. The van der Waals surface area contributed by atoms with Crippen molar-refractivity contribution >= 4 is 0 Å². The van der Waals surface area contributed by atoms with Crippen molar-refractivity contribution in [1.29, 1.82) is 0 Å². The van der Waals surface area contributed by atoms with Crippen molar-refractivity contribution in [3.8, 4) is 0 Å². The third kappa shape index (κ3) is 1.29. The van der Waals surface area contributed by atoms with Gasteiger partial charge < -0.3 is 20.1 Å². The standard InChI is InChI=1S/C6H11O4/c1-3(7)6-5(9)4(8)2-10-6/h3-9H,1-2H2. The number of aliphatic hydroxyl groups excluding tert-OH is 3. The Morgan fingerprint density at radius 2 is 2.10 bits per heavy atom. The lowest BCUT2D eigenvalue weighted by Crippen LogP contribution is -2.36. The first kappa shape index (κ1) is 7.94. The molecule has 0 bridgehead atoms. The van der Waals surface area contributed by atoms with Gasteiger partial charge >= 0.3 is 0 Å². The average Bonchev–Trinajstić information content (AvgIpc) is 2.14. The molecule has 0 spiro atoms. The molecule has 4 heteroatoms. The first-order valence-corrected chi connectivity index (χ1v) is 3.12. The van der Waals surface area contributed by atoms with Crippen LogP contribution in [0.1, 0.15) is 0 Å². The molecule has 0 aromatic rings. The molecule has 4 nitrogen and oxygen atoms in total. The van der Waals surface area contributed by atoms with Gasteiger partial charge in [0.25, 0.3) is 0 Å². The molecule has 1 heterocycles. The summed E-state index contributed by atoms with van der Waals surface area (Å²) < 4.78 is 4.83. The van der Waals surface area contributed by atoms with Gasteiger partial charge in [0.05, 0.1) is 12.7 Å². The molecule has 59 valence electrons. The van der Waals surface area contributed by atoms with Gasteiger partial charge in [-0.05, 0) is 6.92 Å². The van der Waals surface area contributed by atoms with Gasteiger partial charge in [-0.1, -0.05) is 0 Å². The van der Waals surface area contributed by atoms with Gasteiger partial charge in [-0.2, -0.15) is 0 Å². The van der Waals surface area contributed by atoms with Gasteiger partial charge in [0, 0.05) is 0 Å². The minimum absolute atomic E-state index is 0.0679. The maximum Gasteiger partial charge on any atom is 0.112 e. The van der Waals surface area contributed by atoms with Gasteiger partial charge in [-0.15, -0.1) is 0 Å². The van der Waals surface area contributed by atoms with E-state index in [9.17, 15) is 0 Å². The van der Waals surface area contributed by atoms with Crippen LogP contribution in [-0.4, -0.2) is 46.3 Å². The average molecular weight is 147 g/mol. The molecule has 1 aliphatic heterocycles. The Kier molecular flexibility index (Phi) is 2.25. The van der Waals surface area contributed by atoms with Crippen LogP contribution in [0.4, 0.5) is 0 Å². The Morgan fingerprint density at radius 3 is 2.30 bits per heavy atom. The molecule has 0 aromatic heterocycles. The monoisotopic (exact) mass is 147 g/mol. The van der Waals surface area contributed by atoms with Crippen LogP contribution in [0.3, 0.4) is 0 Å². The van der Waals surface area contributed by atoms with E-state index >= 15 is 0 Å². The Hall–Kier alpha value is -0.160. The summed E-state index contributed by atoms with van der Waals surface area (Å²) in [5.41, 5.74) is 0. The largest absolute Gasteiger partial charge is 0.390 e. The molecule has 1 saturated heterocycles. The molecule has 0 aromatic carbocycles. The van der Waals surface area contributed by atoms with E-state index in [1.807, 2.05) is 0 Å². The minimum atomic E-state index is -1.01. The van der Waals surface area contributed by atoms with Gasteiger partial charge in [0.15, 0.2) is 0 Å². The first-order chi connectivity index (χ1) is 4.63. The molecular weight excluding hydrogens is 136 g/mol. The van der Waals surface area contributed by atoms with E-state index in [1.54, 1.807) is 0 Å². The van der Waals surface area contributed by atoms with E-state index in [0.717, 1.165) is 0 Å². The number of rotatable bonds is 1. The van der Waals surface area contributed by atoms with Crippen molar-refractivity contribution in [3.05, 3.63) is 6.92 Å². The quantitative estimate of drug-likeness (QED) is 0.413. The summed E-state index contributed by atoms with van der Waals surface area (Å²) in [5, 5.41) is 26.8. The fourth-order valence-corrected chi connectivity index (χ4v) is 0.965. The fraction of sp³-hybridized carbons (Fsp3) is 0.833.